The molecular weight excluding hydrogens is 312 g/mol. The SMILES string of the molecule is CC1CCc2cc(C(=O)NN=Cc3cccc(O)c3O)sc2C1. The van der Waals surface area contributed by atoms with E-state index in [2.05, 4.69) is 17.5 Å². The number of para-hydroxylation sites is 1. The molecule has 0 spiro atoms. The molecule has 1 aromatic carbocycles. The Morgan fingerprint density at radius 1 is 1.43 bits per heavy atom. The van der Waals surface area contributed by atoms with E-state index in [9.17, 15) is 15.0 Å². The van der Waals surface area contributed by atoms with Gasteiger partial charge in [-0.25, -0.2) is 5.43 Å². The highest BCUT2D eigenvalue weighted by Gasteiger charge is 2.20. The molecular formula is C17H18N2O3S. The van der Waals surface area contributed by atoms with Crippen molar-refractivity contribution in [3.05, 3.63) is 45.1 Å². The van der Waals surface area contributed by atoms with Crippen molar-refractivity contribution in [2.45, 2.75) is 26.2 Å². The van der Waals surface area contributed by atoms with E-state index < -0.39 is 0 Å². The number of hydrogen-bond donors (Lipinski definition) is 3. The summed E-state index contributed by atoms with van der Waals surface area (Å²) in [5.74, 6) is -0.0665. The van der Waals surface area contributed by atoms with Gasteiger partial charge in [0.1, 0.15) is 0 Å². The largest absolute Gasteiger partial charge is 0.504 e. The van der Waals surface area contributed by atoms with Gasteiger partial charge in [0.05, 0.1) is 11.1 Å². The number of hydrazone groups is 1. The summed E-state index contributed by atoms with van der Waals surface area (Å²) >= 11 is 1.52. The van der Waals surface area contributed by atoms with Gasteiger partial charge in [-0.2, -0.15) is 5.10 Å². The second-order valence-corrected chi connectivity index (χ2v) is 6.96. The van der Waals surface area contributed by atoms with Crippen molar-refractivity contribution in [3.8, 4) is 11.5 Å². The number of aromatic hydroxyl groups is 2. The summed E-state index contributed by atoms with van der Waals surface area (Å²) < 4.78 is 0. The molecule has 5 nitrogen and oxygen atoms in total. The molecule has 0 radical (unpaired) electrons. The van der Waals surface area contributed by atoms with Crippen LogP contribution in [0, 0.1) is 5.92 Å². The van der Waals surface area contributed by atoms with Crippen LogP contribution in [0.3, 0.4) is 0 Å². The van der Waals surface area contributed by atoms with E-state index in [4.69, 9.17) is 0 Å². The predicted molar refractivity (Wildman–Crippen MR) is 90.3 cm³/mol. The van der Waals surface area contributed by atoms with E-state index in [1.54, 1.807) is 12.1 Å². The zero-order chi connectivity index (χ0) is 16.4. The molecule has 3 N–H and O–H groups in total. The highest BCUT2D eigenvalue weighted by molar-refractivity contribution is 7.14. The highest BCUT2D eigenvalue weighted by atomic mass is 32.1. The summed E-state index contributed by atoms with van der Waals surface area (Å²) in [6.07, 6.45) is 4.54. The van der Waals surface area contributed by atoms with Gasteiger partial charge < -0.3 is 10.2 Å². The minimum Gasteiger partial charge on any atom is -0.504 e. The molecule has 1 amide bonds. The number of amides is 1. The Balaban J connectivity index is 1.68. The number of phenols is 2. The lowest BCUT2D eigenvalue weighted by atomic mass is 9.90. The molecule has 0 aliphatic heterocycles. The van der Waals surface area contributed by atoms with Crippen molar-refractivity contribution in [2.24, 2.45) is 11.0 Å². The van der Waals surface area contributed by atoms with Crippen LogP contribution < -0.4 is 5.43 Å². The molecule has 6 heteroatoms. The number of nitrogens with one attached hydrogen (secondary N) is 1. The molecule has 0 fully saturated rings. The van der Waals surface area contributed by atoms with E-state index in [0.717, 1.165) is 12.8 Å². The molecule has 1 heterocycles. The van der Waals surface area contributed by atoms with Crippen molar-refractivity contribution < 1.29 is 15.0 Å². The van der Waals surface area contributed by atoms with Gasteiger partial charge in [0, 0.05) is 10.4 Å². The number of rotatable bonds is 3. The fraction of sp³-hybridized carbons (Fsp3) is 0.294. The second kappa shape index (κ2) is 6.42. The number of benzene rings is 1. The third-order valence-electron chi connectivity index (χ3n) is 3.98. The number of nitrogens with zero attached hydrogens (tertiary/aromatic N) is 1. The molecule has 1 atom stereocenters. The van der Waals surface area contributed by atoms with Gasteiger partial charge in [-0.3, -0.25) is 4.79 Å². The molecule has 23 heavy (non-hydrogen) atoms. The standard InChI is InChI=1S/C17H18N2O3S/c1-10-5-6-11-8-15(23-14(11)7-10)17(22)19-18-9-12-3-2-4-13(20)16(12)21/h2-4,8-10,20-21H,5-7H2,1H3,(H,19,22). The van der Waals surface area contributed by atoms with E-state index in [1.165, 1.54) is 40.5 Å². The quantitative estimate of drug-likeness (QED) is 0.459. The molecule has 1 aliphatic carbocycles. The van der Waals surface area contributed by atoms with Gasteiger partial charge in [0.15, 0.2) is 11.5 Å². The maximum Gasteiger partial charge on any atom is 0.281 e. The maximum absolute atomic E-state index is 12.2. The Morgan fingerprint density at radius 2 is 2.26 bits per heavy atom. The first-order valence-corrected chi connectivity index (χ1v) is 8.32. The van der Waals surface area contributed by atoms with Gasteiger partial charge in [-0.1, -0.05) is 13.0 Å². The normalized spacial score (nSPS) is 17.2. The van der Waals surface area contributed by atoms with Crippen LogP contribution in [0.15, 0.2) is 29.4 Å². The minimum absolute atomic E-state index is 0.222. The van der Waals surface area contributed by atoms with Gasteiger partial charge in [0.25, 0.3) is 5.91 Å². The van der Waals surface area contributed by atoms with Crippen LogP contribution >= 0.6 is 11.3 Å². The smallest absolute Gasteiger partial charge is 0.281 e. The Hall–Kier alpha value is -2.34. The van der Waals surface area contributed by atoms with Gasteiger partial charge in [0.2, 0.25) is 0 Å². The van der Waals surface area contributed by atoms with Crippen LogP contribution in [-0.2, 0) is 12.8 Å². The number of carbonyl (C=O) groups is 1. The number of phenolic OH excluding ortho intramolecular Hbond substituents is 2. The monoisotopic (exact) mass is 330 g/mol. The summed E-state index contributed by atoms with van der Waals surface area (Å²) in [5, 5.41) is 22.9. The third kappa shape index (κ3) is 3.37. The summed E-state index contributed by atoms with van der Waals surface area (Å²) in [5.41, 5.74) is 4.07. The summed E-state index contributed by atoms with van der Waals surface area (Å²) in [4.78, 5) is 14.1. The second-order valence-electron chi connectivity index (χ2n) is 5.82. The fourth-order valence-electron chi connectivity index (χ4n) is 2.65. The zero-order valence-electron chi connectivity index (χ0n) is 12.7. The van der Waals surface area contributed by atoms with Crippen molar-refractivity contribution in [1.29, 1.82) is 0 Å². The Morgan fingerprint density at radius 3 is 3.09 bits per heavy atom. The van der Waals surface area contributed by atoms with Gasteiger partial charge in [-0.15, -0.1) is 11.3 Å². The van der Waals surface area contributed by atoms with Crippen molar-refractivity contribution in [3.63, 3.8) is 0 Å². The lowest BCUT2D eigenvalue weighted by molar-refractivity contribution is 0.0959. The zero-order valence-corrected chi connectivity index (χ0v) is 13.6. The summed E-state index contributed by atoms with van der Waals surface area (Å²) in [7, 11) is 0. The van der Waals surface area contributed by atoms with Gasteiger partial charge >= 0.3 is 0 Å². The van der Waals surface area contributed by atoms with Crippen LogP contribution in [-0.4, -0.2) is 22.3 Å². The maximum atomic E-state index is 12.2. The number of aryl methyl sites for hydroxylation is 1. The molecule has 1 unspecified atom stereocenters. The minimum atomic E-state index is -0.258. The average molecular weight is 330 g/mol. The molecule has 0 saturated heterocycles. The van der Waals surface area contributed by atoms with Crippen LogP contribution in [0.2, 0.25) is 0 Å². The average Bonchev–Trinajstić information content (AvgIpc) is 2.94. The Bertz CT molecular complexity index is 767. The van der Waals surface area contributed by atoms with Gasteiger partial charge in [-0.05, 0) is 48.9 Å². The number of fused-ring (bicyclic) bond motifs is 1. The molecule has 1 aliphatic rings. The third-order valence-corrected chi connectivity index (χ3v) is 5.17. The van der Waals surface area contributed by atoms with E-state index in [1.807, 2.05) is 6.07 Å². The summed E-state index contributed by atoms with van der Waals surface area (Å²) in [6, 6.07) is 6.51. The molecule has 2 aromatic rings. The highest BCUT2D eigenvalue weighted by Crippen LogP contribution is 2.32. The predicted octanol–water partition coefficient (Wildman–Crippen LogP) is 3.05. The fourth-order valence-corrected chi connectivity index (χ4v) is 3.92. The van der Waals surface area contributed by atoms with Crippen LogP contribution in [0.25, 0.3) is 0 Å². The van der Waals surface area contributed by atoms with Crippen LogP contribution in [0.4, 0.5) is 0 Å². The topological polar surface area (TPSA) is 81.9 Å². The first kappa shape index (κ1) is 15.6. The lowest BCUT2D eigenvalue weighted by Crippen LogP contribution is -2.16. The number of thiophene rings is 1. The molecule has 1 aromatic heterocycles. The number of hydrogen-bond acceptors (Lipinski definition) is 5. The van der Waals surface area contributed by atoms with Crippen molar-refractivity contribution in [2.75, 3.05) is 0 Å². The number of carbonyl (C=O) groups excluding carboxylic acids is 1. The Labute approximate surface area is 138 Å². The molecule has 0 bridgehead atoms. The summed E-state index contributed by atoms with van der Waals surface area (Å²) in [6.45, 7) is 2.23. The van der Waals surface area contributed by atoms with E-state index in [-0.39, 0.29) is 17.4 Å². The van der Waals surface area contributed by atoms with Crippen LogP contribution in [0.1, 0.15) is 39.0 Å². The first-order valence-electron chi connectivity index (χ1n) is 7.50. The lowest BCUT2D eigenvalue weighted by Gasteiger charge is -2.16. The molecule has 120 valence electrons. The first-order chi connectivity index (χ1) is 11.0. The van der Waals surface area contributed by atoms with Crippen LogP contribution in [0.5, 0.6) is 11.5 Å². The van der Waals surface area contributed by atoms with Crippen molar-refractivity contribution in [1.82, 2.24) is 5.43 Å². The van der Waals surface area contributed by atoms with E-state index >= 15 is 0 Å². The molecule has 3 rings (SSSR count). The van der Waals surface area contributed by atoms with E-state index in [0.29, 0.717) is 16.4 Å². The Kier molecular flexibility index (Phi) is 4.34. The van der Waals surface area contributed by atoms with Crippen molar-refractivity contribution >= 4 is 23.5 Å². The molecule has 0 saturated carbocycles.